The Morgan fingerprint density at radius 1 is 1.25 bits per heavy atom. The lowest BCUT2D eigenvalue weighted by atomic mass is 9.84. The molecule has 2 rings (SSSR count). The zero-order valence-electron chi connectivity index (χ0n) is 12.9. The van der Waals surface area contributed by atoms with E-state index in [1.165, 1.54) is 32.1 Å². The summed E-state index contributed by atoms with van der Waals surface area (Å²) in [5.41, 5.74) is 1.13. The van der Waals surface area contributed by atoms with E-state index in [-0.39, 0.29) is 0 Å². The fourth-order valence-electron chi connectivity index (χ4n) is 2.85. The number of nitrogens with one attached hydrogen (secondary N) is 1. The molecular weight excluding hydrogens is 266 g/mol. The molecule has 1 saturated carbocycles. The van der Waals surface area contributed by atoms with Gasteiger partial charge in [-0.1, -0.05) is 32.0 Å². The summed E-state index contributed by atoms with van der Waals surface area (Å²) in [6.07, 6.45) is 10.3. The Labute approximate surface area is 127 Å². The van der Waals surface area contributed by atoms with E-state index in [1.54, 1.807) is 0 Å². The molecule has 0 saturated heterocycles. The number of hydrogen-bond acceptors (Lipinski definition) is 4. The van der Waals surface area contributed by atoms with Gasteiger partial charge >= 0.3 is 0 Å². The van der Waals surface area contributed by atoms with Gasteiger partial charge in [0.15, 0.2) is 5.16 Å². The van der Waals surface area contributed by atoms with Crippen molar-refractivity contribution in [1.82, 2.24) is 15.3 Å². The van der Waals surface area contributed by atoms with Gasteiger partial charge in [-0.2, -0.15) is 0 Å². The van der Waals surface area contributed by atoms with Gasteiger partial charge < -0.3 is 5.32 Å². The smallest absolute Gasteiger partial charge is 0.187 e. The highest BCUT2D eigenvalue weighted by atomic mass is 32.2. The van der Waals surface area contributed by atoms with Crippen molar-refractivity contribution in [3.05, 3.63) is 18.0 Å². The van der Waals surface area contributed by atoms with E-state index in [2.05, 4.69) is 29.1 Å². The molecule has 1 fully saturated rings. The molecule has 20 heavy (non-hydrogen) atoms. The van der Waals surface area contributed by atoms with Gasteiger partial charge in [-0.05, 0) is 50.6 Å². The van der Waals surface area contributed by atoms with Crippen LogP contribution in [-0.4, -0.2) is 27.8 Å². The third-order valence-electron chi connectivity index (χ3n) is 4.15. The van der Waals surface area contributed by atoms with Crippen molar-refractivity contribution in [2.24, 2.45) is 5.92 Å². The van der Waals surface area contributed by atoms with Crippen molar-refractivity contribution in [3.63, 3.8) is 0 Å². The molecule has 3 unspecified atom stereocenters. The van der Waals surface area contributed by atoms with E-state index >= 15 is 0 Å². The highest BCUT2D eigenvalue weighted by Gasteiger charge is 2.30. The predicted molar refractivity (Wildman–Crippen MR) is 86.1 cm³/mol. The van der Waals surface area contributed by atoms with Crippen LogP contribution in [0.3, 0.4) is 0 Å². The second kappa shape index (κ2) is 7.99. The van der Waals surface area contributed by atoms with E-state index in [1.807, 2.05) is 31.1 Å². The maximum absolute atomic E-state index is 4.46. The first-order chi connectivity index (χ1) is 9.72. The molecule has 1 N–H and O–H groups in total. The first-order valence-corrected chi connectivity index (χ1v) is 8.79. The standard InChI is InChI=1S/C16H27N3S/c1-4-8-17-14-7-6-13(5-2)9-15(14)20-16-18-10-12(3)11-19-16/h10-11,13-15,17H,4-9H2,1-3H3. The average Bonchev–Trinajstić information content (AvgIpc) is 2.48. The zero-order chi connectivity index (χ0) is 14.4. The van der Waals surface area contributed by atoms with Crippen molar-refractivity contribution < 1.29 is 0 Å². The maximum Gasteiger partial charge on any atom is 0.187 e. The Morgan fingerprint density at radius 3 is 2.65 bits per heavy atom. The molecule has 112 valence electrons. The summed E-state index contributed by atoms with van der Waals surface area (Å²) < 4.78 is 0. The minimum absolute atomic E-state index is 0.614. The van der Waals surface area contributed by atoms with E-state index in [0.29, 0.717) is 11.3 Å². The van der Waals surface area contributed by atoms with Crippen molar-refractivity contribution in [2.75, 3.05) is 6.54 Å². The number of aryl methyl sites for hydroxylation is 1. The largest absolute Gasteiger partial charge is 0.313 e. The van der Waals surface area contributed by atoms with Crippen LogP contribution in [0.2, 0.25) is 0 Å². The molecule has 0 bridgehead atoms. The van der Waals surface area contributed by atoms with E-state index < -0.39 is 0 Å². The van der Waals surface area contributed by atoms with E-state index in [9.17, 15) is 0 Å². The molecule has 0 amide bonds. The van der Waals surface area contributed by atoms with Crippen LogP contribution in [0, 0.1) is 12.8 Å². The molecule has 1 aromatic rings. The molecule has 1 heterocycles. The lowest BCUT2D eigenvalue weighted by Gasteiger charge is -2.35. The minimum atomic E-state index is 0.614. The fraction of sp³-hybridized carbons (Fsp3) is 0.750. The second-order valence-electron chi connectivity index (χ2n) is 5.85. The number of hydrogen-bond donors (Lipinski definition) is 1. The van der Waals surface area contributed by atoms with Gasteiger partial charge in [0, 0.05) is 23.7 Å². The van der Waals surface area contributed by atoms with Gasteiger partial charge in [0.25, 0.3) is 0 Å². The molecular formula is C16H27N3S. The number of nitrogens with zero attached hydrogens (tertiary/aromatic N) is 2. The summed E-state index contributed by atoms with van der Waals surface area (Å²) in [6, 6.07) is 0.618. The molecule has 1 aliphatic carbocycles. The molecule has 1 aliphatic rings. The first-order valence-electron chi connectivity index (χ1n) is 7.91. The lowest BCUT2D eigenvalue weighted by molar-refractivity contribution is 0.295. The second-order valence-corrected chi connectivity index (χ2v) is 7.05. The van der Waals surface area contributed by atoms with Gasteiger partial charge in [-0.3, -0.25) is 0 Å². The van der Waals surface area contributed by atoms with Crippen molar-refractivity contribution in [1.29, 1.82) is 0 Å². The van der Waals surface area contributed by atoms with Gasteiger partial charge in [0.2, 0.25) is 0 Å². The van der Waals surface area contributed by atoms with Crippen LogP contribution in [0.25, 0.3) is 0 Å². The summed E-state index contributed by atoms with van der Waals surface area (Å²) in [6.45, 7) is 7.70. The van der Waals surface area contributed by atoms with Crippen LogP contribution >= 0.6 is 11.8 Å². The van der Waals surface area contributed by atoms with Crippen LogP contribution < -0.4 is 5.32 Å². The number of rotatable bonds is 6. The van der Waals surface area contributed by atoms with E-state index in [4.69, 9.17) is 0 Å². The van der Waals surface area contributed by atoms with Gasteiger partial charge in [-0.25, -0.2) is 9.97 Å². The first kappa shape index (κ1) is 15.8. The van der Waals surface area contributed by atoms with Crippen LogP contribution in [0.4, 0.5) is 0 Å². The molecule has 4 heteroatoms. The summed E-state index contributed by atoms with van der Waals surface area (Å²) in [7, 11) is 0. The number of aromatic nitrogens is 2. The molecule has 3 atom stereocenters. The summed E-state index contributed by atoms with van der Waals surface area (Å²) in [5, 5.41) is 5.27. The summed E-state index contributed by atoms with van der Waals surface area (Å²) >= 11 is 1.87. The third-order valence-corrected chi connectivity index (χ3v) is 5.39. The maximum atomic E-state index is 4.46. The summed E-state index contributed by atoms with van der Waals surface area (Å²) in [5.74, 6) is 0.873. The monoisotopic (exact) mass is 293 g/mol. The van der Waals surface area contributed by atoms with Crippen LogP contribution in [0.5, 0.6) is 0 Å². The third kappa shape index (κ3) is 4.45. The molecule has 0 aromatic carbocycles. The number of thioether (sulfide) groups is 1. The SMILES string of the molecule is CCCNC1CCC(CC)CC1Sc1ncc(C)cn1. The topological polar surface area (TPSA) is 37.8 Å². The highest BCUT2D eigenvalue weighted by Crippen LogP contribution is 2.36. The molecule has 1 aromatic heterocycles. The van der Waals surface area contributed by atoms with Crippen LogP contribution in [-0.2, 0) is 0 Å². The summed E-state index contributed by atoms with van der Waals surface area (Å²) in [4.78, 5) is 8.92. The molecule has 0 aliphatic heterocycles. The Bertz CT molecular complexity index is 393. The Morgan fingerprint density at radius 2 is 2.00 bits per heavy atom. The van der Waals surface area contributed by atoms with E-state index in [0.717, 1.165) is 23.2 Å². The van der Waals surface area contributed by atoms with Crippen molar-refractivity contribution >= 4 is 11.8 Å². The van der Waals surface area contributed by atoms with Crippen molar-refractivity contribution in [2.45, 2.75) is 69.3 Å². The average molecular weight is 293 g/mol. The normalized spacial score (nSPS) is 26.6. The fourth-order valence-corrected chi connectivity index (χ4v) is 4.12. The van der Waals surface area contributed by atoms with Crippen LogP contribution in [0.15, 0.2) is 17.6 Å². The quantitative estimate of drug-likeness (QED) is 0.809. The molecule has 0 radical (unpaired) electrons. The Balaban J connectivity index is 2.00. The molecule has 0 spiro atoms. The highest BCUT2D eigenvalue weighted by molar-refractivity contribution is 7.99. The lowest BCUT2D eigenvalue weighted by Crippen LogP contribution is -2.43. The minimum Gasteiger partial charge on any atom is -0.313 e. The van der Waals surface area contributed by atoms with Gasteiger partial charge in [0.1, 0.15) is 0 Å². The van der Waals surface area contributed by atoms with Crippen molar-refractivity contribution in [3.8, 4) is 0 Å². The Kier molecular flexibility index (Phi) is 6.30. The van der Waals surface area contributed by atoms with Crippen LogP contribution in [0.1, 0.15) is 51.5 Å². The Hall–Kier alpha value is -0.610. The van der Waals surface area contributed by atoms with Gasteiger partial charge in [0.05, 0.1) is 0 Å². The zero-order valence-corrected chi connectivity index (χ0v) is 13.7. The molecule has 3 nitrogen and oxygen atoms in total. The predicted octanol–water partition coefficient (Wildman–Crippen LogP) is 3.82. The van der Waals surface area contributed by atoms with Gasteiger partial charge in [-0.15, -0.1) is 0 Å².